The van der Waals surface area contributed by atoms with E-state index in [9.17, 15) is 4.79 Å². The van der Waals surface area contributed by atoms with Gasteiger partial charge in [-0.1, -0.05) is 60.6 Å². The molecule has 5 nitrogen and oxygen atoms in total. The third-order valence-corrected chi connectivity index (χ3v) is 5.77. The first-order chi connectivity index (χ1) is 15.5. The molecule has 4 rings (SSSR count). The van der Waals surface area contributed by atoms with Gasteiger partial charge in [0, 0.05) is 16.1 Å². The molecule has 0 radical (unpaired) electrons. The monoisotopic (exact) mass is 448 g/mol. The molecule has 1 aliphatic rings. The largest absolute Gasteiger partial charge is 0.494 e. The number of halogens is 1. The summed E-state index contributed by atoms with van der Waals surface area (Å²) in [5, 5.41) is 2.36. The minimum absolute atomic E-state index is 0.0185. The molecule has 1 amide bonds. The summed E-state index contributed by atoms with van der Waals surface area (Å²) < 4.78 is 5.60. The molecule has 2 N–H and O–H groups in total. The van der Waals surface area contributed by atoms with Gasteiger partial charge in [0.1, 0.15) is 12.3 Å². The van der Waals surface area contributed by atoms with Crippen molar-refractivity contribution in [3.8, 4) is 5.75 Å². The molecule has 1 heterocycles. The highest BCUT2D eigenvalue weighted by molar-refractivity contribution is 6.30. The van der Waals surface area contributed by atoms with Crippen LogP contribution in [0, 0.1) is 0 Å². The van der Waals surface area contributed by atoms with Gasteiger partial charge in [-0.3, -0.25) is 15.1 Å². The Morgan fingerprint density at radius 3 is 2.44 bits per heavy atom. The van der Waals surface area contributed by atoms with Gasteiger partial charge in [0.05, 0.1) is 12.3 Å². The molecule has 32 heavy (non-hydrogen) atoms. The standard InChI is InChI=1S/C26H26ClN3O2/c1-3-32-24-15-11-22(12-16-24)26-29(17-20-7-5-4-6-8-20)18-25(31)30(26)28-19(2)21-9-13-23(27)14-10-21/h4-16,26,28H,2-3,17-18H2,1H3/p+1/t26-/m0/s1. The maximum Gasteiger partial charge on any atom is 0.301 e. The van der Waals surface area contributed by atoms with Gasteiger partial charge in [-0.15, -0.1) is 0 Å². The van der Waals surface area contributed by atoms with Crippen molar-refractivity contribution in [2.24, 2.45) is 0 Å². The lowest BCUT2D eigenvalue weighted by Crippen LogP contribution is -3.10. The normalized spacial score (nSPS) is 17.9. The van der Waals surface area contributed by atoms with Crippen molar-refractivity contribution in [1.29, 1.82) is 0 Å². The molecule has 2 atom stereocenters. The topological polar surface area (TPSA) is 46.0 Å². The molecule has 3 aromatic rings. The van der Waals surface area contributed by atoms with E-state index in [4.69, 9.17) is 16.3 Å². The third kappa shape index (κ3) is 4.96. The van der Waals surface area contributed by atoms with Crippen LogP contribution in [-0.2, 0) is 11.3 Å². The van der Waals surface area contributed by atoms with E-state index < -0.39 is 0 Å². The summed E-state index contributed by atoms with van der Waals surface area (Å²) in [6, 6.07) is 25.6. The molecule has 0 saturated carbocycles. The maximum absolute atomic E-state index is 13.1. The van der Waals surface area contributed by atoms with Crippen LogP contribution in [0.3, 0.4) is 0 Å². The number of nitrogens with zero attached hydrogens (tertiary/aromatic N) is 1. The highest BCUT2D eigenvalue weighted by atomic mass is 35.5. The van der Waals surface area contributed by atoms with Crippen molar-refractivity contribution in [1.82, 2.24) is 10.4 Å². The second kappa shape index (κ2) is 9.90. The lowest BCUT2D eigenvalue weighted by atomic mass is 10.1. The number of hydrazine groups is 1. The van der Waals surface area contributed by atoms with Crippen molar-refractivity contribution in [2.75, 3.05) is 13.2 Å². The minimum atomic E-state index is -0.206. The molecule has 0 aliphatic carbocycles. The highest BCUT2D eigenvalue weighted by Crippen LogP contribution is 2.23. The zero-order valence-corrected chi connectivity index (χ0v) is 18.8. The maximum atomic E-state index is 13.1. The summed E-state index contributed by atoms with van der Waals surface area (Å²) in [5.74, 6) is 0.834. The number of hydrogen-bond acceptors (Lipinski definition) is 3. The van der Waals surface area contributed by atoms with Crippen molar-refractivity contribution in [3.63, 3.8) is 0 Å². The van der Waals surface area contributed by atoms with Gasteiger partial charge in [0.15, 0.2) is 6.54 Å². The lowest BCUT2D eigenvalue weighted by molar-refractivity contribution is -0.937. The van der Waals surface area contributed by atoms with E-state index >= 15 is 0 Å². The van der Waals surface area contributed by atoms with Gasteiger partial charge in [-0.05, 0) is 48.9 Å². The van der Waals surface area contributed by atoms with E-state index in [0.717, 1.165) is 28.3 Å². The number of rotatable bonds is 8. The summed E-state index contributed by atoms with van der Waals surface area (Å²) in [4.78, 5) is 14.2. The van der Waals surface area contributed by atoms with Gasteiger partial charge < -0.3 is 4.74 Å². The fourth-order valence-corrected chi connectivity index (χ4v) is 4.13. The Hall–Kier alpha value is -3.28. The van der Waals surface area contributed by atoms with E-state index in [1.54, 1.807) is 5.01 Å². The van der Waals surface area contributed by atoms with Crippen LogP contribution in [0.15, 0.2) is 85.4 Å². The Balaban J connectivity index is 1.62. The third-order valence-electron chi connectivity index (χ3n) is 5.52. The predicted molar refractivity (Wildman–Crippen MR) is 127 cm³/mol. The van der Waals surface area contributed by atoms with Gasteiger partial charge in [0.2, 0.25) is 6.17 Å². The lowest BCUT2D eigenvalue weighted by Gasteiger charge is -2.28. The molecule has 164 valence electrons. The summed E-state index contributed by atoms with van der Waals surface area (Å²) >= 11 is 6.02. The van der Waals surface area contributed by atoms with Gasteiger partial charge in [-0.25, -0.2) is 0 Å². The van der Waals surface area contributed by atoms with E-state index in [1.165, 1.54) is 5.56 Å². The van der Waals surface area contributed by atoms with Crippen molar-refractivity contribution in [2.45, 2.75) is 19.6 Å². The fraction of sp³-hybridized carbons (Fsp3) is 0.192. The summed E-state index contributed by atoms with van der Waals surface area (Å²) in [7, 11) is 0. The molecule has 6 heteroatoms. The number of carbonyl (C=O) groups excluding carboxylic acids is 1. The van der Waals surface area contributed by atoms with Crippen LogP contribution in [0.4, 0.5) is 0 Å². The highest BCUT2D eigenvalue weighted by Gasteiger charge is 2.43. The van der Waals surface area contributed by atoms with Crippen LogP contribution in [0.5, 0.6) is 5.75 Å². The molecule has 0 spiro atoms. The fourth-order valence-electron chi connectivity index (χ4n) is 4.01. The molecule has 3 aromatic carbocycles. The summed E-state index contributed by atoms with van der Waals surface area (Å²) in [5.41, 5.74) is 7.00. The Kier molecular flexibility index (Phi) is 6.78. The number of quaternary nitrogens is 1. The molecule has 0 bridgehead atoms. The second-order valence-corrected chi connectivity index (χ2v) is 8.20. The van der Waals surface area contributed by atoms with Crippen LogP contribution in [-0.4, -0.2) is 24.1 Å². The second-order valence-electron chi connectivity index (χ2n) is 7.76. The van der Waals surface area contributed by atoms with Gasteiger partial charge in [0.25, 0.3) is 0 Å². The summed E-state index contributed by atoms with van der Waals surface area (Å²) in [6.45, 7) is 7.84. The van der Waals surface area contributed by atoms with E-state index in [1.807, 2.05) is 73.7 Å². The van der Waals surface area contributed by atoms with Gasteiger partial charge in [-0.2, -0.15) is 5.01 Å². The first-order valence-electron chi connectivity index (χ1n) is 10.7. The van der Waals surface area contributed by atoms with Crippen molar-refractivity contribution < 1.29 is 14.4 Å². The smallest absolute Gasteiger partial charge is 0.301 e. The SMILES string of the molecule is C=C(NN1C(=O)C[NH+](Cc2ccccc2)[C@@H]1c1ccc(OCC)cc1)c1ccc(Cl)cc1. The number of amides is 1. The molecule has 1 unspecified atom stereocenters. The molecular weight excluding hydrogens is 422 g/mol. The quantitative estimate of drug-likeness (QED) is 0.550. The van der Waals surface area contributed by atoms with Crippen LogP contribution in [0.2, 0.25) is 5.02 Å². The molecule has 1 fully saturated rings. The zero-order chi connectivity index (χ0) is 22.5. The average Bonchev–Trinajstić information content (AvgIpc) is 3.10. The number of carbonyl (C=O) groups is 1. The number of ether oxygens (including phenoxy) is 1. The average molecular weight is 449 g/mol. The van der Waals surface area contributed by atoms with Gasteiger partial charge >= 0.3 is 5.91 Å². The molecule has 0 aromatic heterocycles. The van der Waals surface area contributed by atoms with E-state index in [2.05, 4.69) is 24.1 Å². The minimum Gasteiger partial charge on any atom is -0.494 e. The van der Waals surface area contributed by atoms with Crippen LogP contribution in [0.25, 0.3) is 5.70 Å². The van der Waals surface area contributed by atoms with E-state index in [0.29, 0.717) is 23.9 Å². The Morgan fingerprint density at radius 2 is 1.78 bits per heavy atom. The van der Waals surface area contributed by atoms with Crippen molar-refractivity contribution >= 4 is 23.2 Å². The Labute approximate surface area is 193 Å². The molecular formula is C26H27ClN3O2+. The summed E-state index contributed by atoms with van der Waals surface area (Å²) in [6.07, 6.45) is -0.206. The number of hydrogen-bond donors (Lipinski definition) is 2. The van der Waals surface area contributed by atoms with Crippen LogP contribution in [0.1, 0.15) is 29.8 Å². The predicted octanol–water partition coefficient (Wildman–Crippen LogP) is 3.84. The first kappa shape index (κ1) is 21.9. The number of benzene rings is 3. The van der Waals surface area contributed by atoms with E-state index in [-0.39, 0.29) is 12.1 Å². The molecule has 1 saturated heterocycles. The Bertz CT molecular complexity index is 1070. The number of nitrogens with one attached hydrogen (secondary N) is 2. The molecule has 1 aliphatic heterocycles. The van der Waals surface area contributed by atoms with Crippen LogP contribution >= 0.6 is 11.6 Å². The van der Waals surface area contributed by atoms with Crippen molar-refractivity contribution in [3.05, 3.63) is 107 Å². The van der Waals surface area contributed by atoms with Crippen LogP contribution < -0.4 is 15.1 Å². The first-order valence-corrected chi connectivity index (χ1v) is 11.1. The Morgan fingerprint density at radius 1 is 1.09 bits per heavy atom. The zero-order valence-electron chi connectivity index (χ0n) is 18.1.